The predicted octanol–water partition coefficient (Wildman–Crippen LogP) is 3.34. The molecule has 0 radical (unpaired) electrons. The van der Waals surface area contributed by atoms with Crippen LogP contribution in [0.4, 0.5) is 4.79 Å². The van der Waals surface area contributed by atoms with Crippen molar-refractivity contribution in [2.75, 3.05) is 7.11 Å². The summed E-state index contributed by atoms with van der Waals surface area (Å²) in [5.74, 6) is 0.0180. The van der Waals surface area contributed by atoms with Crippen LogP contribution in [-0.4, -0.2) is 47.1 Å². The third kappa shape index (κ3) is 3.86. The van der Waals surface area contributed by atoms with Gasteiger partial charge in [0.25, 0.3) is 0 Å². The van der Waals surface area contributed by atoms with Gasteiger partial charge in [0.05, 0.1) is 7.11 Å². The van der Waals surface area contributed by atoms with Gasteiger partial charge in [-0.15, -0.1) is 11.6 Å². The van der Waals surface area contributed by atoms with Crippen molar-refractivity contribution in [3.63, 3.8) is 0 Å². The Balaban J connectivity index is 2.25. The minimum absolute atomic E-state index is 0.0380. The first kappa shape index (κ1) is 17.4. The average Bonchev–Trinajstić information content (AvgIpc) is 2.43. The third-order valence-corrected chi connectivity index (χ3v) is 4.87. The zero-order valence-corrected chi connectivity index (χ0v) is 14.6. The number of likely N-dealkylation sites (tertiary alicyclic amines) is 1. The average molecular weight is 332 g/mol. The van der Waals surface area contributed by atoms with Crippen LogP contribution >= 0.6 is 11.6 Å². The van der Waals surface area contributed by atoms with Crippen molar-refractivity contribution in [2.45, 2.75) is 75.9 Å². The van der Waals surface area contributed by atoms with E-state index in [1.54, 1.807) is 4.90 Å². The number of ether oxygens (including phenoxy) is 2. The topological polar surface area (TPSA) is 55.8 Å². The third-order valence-electron chi connectivity index (χ3n) is 4.47. The lowest BCUT2D eigenvalue weighted by atomic mass is 9.76. The Labute approximate surface area is 137 Å². The Morgan fingerprint density at radius 2 is 1.77 bits per heavy atom. The number of alkyl halides is 1. The van der Waals surface area contributed by atoms with Crippen molar-refractivity contribution in [3.8, 4) is 0 Å². The molecule has 0 spiro atoms. The highest BCUT2D eigenvalue weighted by Gasteiger charge is 2.47. The molecule has 1 aliphatic heterocycles. The molecule has 0 aromatic heterocycles. The molecule has 126 valence electrons. The van der Waals surface area contributed by atoms with Gasteiger partial charge in [0.15, 0.2) is 0 Å². The van der Waals surface area contributed by atoms with Crippen molar-refractivity contribution in [2.24, 2.45) is 5.92 Å². The minimum Gasteiger partial charge on any atom is -0.467 e. The molecule has 0 bridgehead atoms. The summed E-state index contributed by atoms with van der Waals surface area (Å²) in [5.41, 5.74) is -0.597. The fourth-order valence-corrected chi connectivity index (χ4v) is 3.83. The summed E-state index contributed by atoms with van der Waals surface area (Å²) >= 11 is 6.31. The zero-order chi connectivity index (χ0) is 16.5. The van der Waals surface area contributed by atoms with Gasteiger partial charge in [0.1, 0.15) is 11.6 Å². The lowest BCUT2D eigenvalue weighted by Gasteiger charge is -2.48. The van der Waals surface area contributed by atoms with Gasteiger partial charge < -0.3 is 9.47 Å². The first-order chi connectivity index (χ1) is 10.2. The molecule has 1 heterocycles. The summed E-state index contributed by atoms with van der Waals surface area (Å²) in [7, 11) is 1.35. The number of hydrogen-bond acceptors (Lipinski definition) is 4. The van der Waals surface area contributed by atoms with Crippen LogP contribution in [0.1, 0.15) is 52.9 Å². The highest BCUT2D eigenvalue weighted by atomic mass is 35.5. The fourth-order valence-electron chi connectivity index (χ4n) is 3.52. The van der Waals surface area contributed by atoms with E-state index >= 15 is 0 Å². The molecule has 0 aromatic rings. The van der Waals surface area contributed by atoms with Crippen LogP contribution in [0.3, 0.4) is 0 Å². The molecule has 2 fully saturated rings. The summed E-state index contributed by atoms with van der Waals surface area (Å²) in [6, 6.07) is -0.605. The van der Waals surface area contributed by atoms with E-state index in [4.69, 9.17) is 21.1 Å². The van der Waals surface area contributed by atoms with Crippen LogP contribution in [0.15, 0.2) is 0 Å². The summed E-state index contributed by atoms with van der Waals surface area (Å²) in [6.45, 7) is 5.47. The number of halogens is 1. The number of carbonyl (C=O) groups is 2. The van der Waals surface area contributed by atoms with E-state index in [1.807, 2.05) is 20.8 Å². The van der Waals surface area contributed by atoms with Crippen LogP contribution < -0.4 is 0 Å². The number of hydrogen-bond donors (Lipinski definition) is 0. The van der Waals surface area contributed by atoms with Gasteiger partial charge in [-0.1, -0.05) is 0 Å². The molecule has 5 nitrogen and oxygen atoms in total. The molecule has 1 amide bonds. The first-order valence-corrected chi connectivity index (χ1v) is 8.40. The lowest BCUT2D eigenvalue weighted by molar-refractivity contribution is -0.151. The number of piperidine rings is 1. The maximum absolute atomic E-state index is 12.7. The van der Waals surface area contributed by atoms with Crippen molar-refractivity contribution >= 4 is 23.7 Å². The summed E-state index contributed by atoms with van der Waals surface area (Å²) in [6.07, 6.45) is 3.77. The standard InChI is InChI=1S/C16H26ClNO4/c1-16(2,3)22-15(20)18-12(14(19)21-4)8-6-10-5-7-11(17)9-13(10)18/h10-13H,5-9H2,1-4H3/t10-,11-,12+,13-/m1/s1. The molecule has 0 N–H and O–H groups in total. The number of nitrogens with zero attached hydrogens (tertiary/aromatic N) is 1. The Morgan fingerprint density at radius 1 is 1.14 bits per heavy atom. The van der Waals surface area contributed by atoms with Gasteiger partial charge in [-0.05, 0) is 58.8 Å². The molecule has 1 aliphatic carbocycles. The molecule has 2 aliphatic rings. The van der Waals surface area contributed by atoms with E-state index in [2.05, 4.69) is 0 Å². The molecular formula is C16H26ClNO4. The quantitative estimate of drug-likeness (QED) is 0.546. The highest BCUT2D eigenvalue weighted by Crippen LogP contribution is 2.40. The van der Waals surface area contributed by atoms with E-state index in [9.17, 15) is 9.59 Å². The number of methoxy groups -OCH3 is 1. The lowest BCUT2D eigenvalue weighted by Crippen LogP contribution is -2.59. The number of fused-ring (bicyclic) bond motifs is 1. The number of carbonyl (C=O) groups excluding carboxylic acids is 2. The molecule has 4 atom stereocenters. The Hall–Kier alpha value is -0.970. The van der Waals surface area contributed by atoms with Gasteiger partial charge in [-0.2, -0.15) is 0 Å². The van der Waals surface area contributed by atoms with Gasteiger partial charge in [-0.3, -0.25) is 4.90 Å². The summed E-state index contributed by atoms with van der Waals surface area (Å²) in [4.78, 5) is 26.4. The molecule has 1 saturated heterocycles. The largest absolute Gasteiger partial charge is 0.467 e. The summed E-state index contributed by atoms with van der Waals surface area (Å²) < 4.78 is 10.4. The number of amides is 1. The second-order valence-electron chi connectivity index (χ2n) is 7.24. The van der Waals surface area contributed by atoms with Crippen LogP contribution in [0.25, 0.3) is 0 Å². The van der Waals surface area contributed by atoms with Crippen LogP contribution in [0.5, 0.6) is 0 Å². The van der Waals surface area contributed by atoms with Crippen molar-refractivity contribution < 1.29 is 19.1 Å². The first-order valence-electron chi connectivity index (χ1n) is 7.96. The SMILES string of the molecule is COC(=O)[C@@H]1CC[C@H]2CC[C@@H](Cl)C[C@H]2N1C(=O)OC(C)(C)C. The normalized spacial score (nSPS) is 32.1. The molecule has 0 aromatic carbocycles. The van der Waals surface area contributed by atoms with Crippen molar-refractivity contribution in [1.82, 2.24) is 4.90 Å². The van der Waals surface area contributed by atoms with Crippen LogP contribution in [-0.2, 0) is 14.3 Å². The van der Waals surface area contributed by atoms with Gasteiger partial charge in [0, 0.05) is 11.4 Å². The molecule has 22 heavy (non-hydrogen) atoms. The second-order valence-corrected chi connectivity index (χ2v) is 7.86. The van der Waals surface area contributed by atoms with Crippen LogP contribution in [0, 0.1) is 5.92 Å². The molecule has 2 rings (SSSR count). The van der Waals surface area contributed by atoms with Crippen molar-refractivity contribution in [3.05, 3.63) is 0 Å². The maximum Gasteiger partial charge on any atom is 0.411 e. The highest BCUT2D eigenvalue weighted by molar-refractivity contribution is 6.20. The monoisotopic (exact) mass is 331 g/mol. The van der Waals surface area contributed by atoms with E-state index in [0.717, 1.165) is 19.3 Å². The molecule has 0 unspecified atom stereocenters. The predicted molar refractivity (Wildman–Crippen MR) is 83.9 cm³/mol. The van der Waals surface area contributed by atoms with Crippen LogP contribution in [0.2, 0.25) is 0 Å². The Bertz CT molecular complexity index is 434. The second kappa shape index (κ2) is 6.65. The summed E-state index contributed by atoms with van der Waals surface area (Å²) in [5, 5.41) is 0.0441. The zero-order valence-electron chi connectivity index (χ0n) is 13.8. The van der Waals surface area contributed by atoms with E-state index in [1.165, 1.54) is 7.11 Å². The smallest absolute Gasteiger partial charge is 0.411 e. The van der Waals surface area contributed by atoms with Gasteiger partial charge in [-0.25, -0.2) is 9.59 Å². The number of rotatable bonds is 1. The van der Waals surface area contributed by atoms with Gasteiger partial charge >= 0.3 is 12.1 Å². The van der Waals surface area contributed by atoms with Crippen molar-refractivity contribution in [1.29, 1.82) is 0 Å². The van der Waals surface area contributed by atoms with Gasteiger partial charge in [0.2, 0.25) is 0 Å². The molecule has 1 saturated carbocycles. The number of esters is 1. The maximum atomic E-state index is 12.7. The van der Waals surface area contributed by atoms with E-state index < -0.39 is 17.7 Å². The Morgan fingerprint density at radius 3 is 2.36 bits per heavy atom. The molecule has 6 heteroatoms. The molecular weight excluding hydrogens is 306 g/mol. The van der Waals surface area contributed by atoms with E-state index in [0.29, 0.717) is 18.8 Å². The Kier molecular flexibility index (Phi) is 5.25. The fraction of sp³-hybridized carbons (Fsp3) is 0.875. The van der Waals surface area contributed by atoms with E-state index in [-0.39, 0.29) is 17.4 Å². The minimum atomic E-state index is -0.597.